The zero-order valence-corrected chi connectivity index (χ0v) is 12.5. The van der Waals surface area contributed by atoms with Gasteiger partial charge in [-0.05, 0) is 43.9 Å². The predicted molar refractivity (Wildman–Crippen MR) is 77.6 cm³/mol. The van der Waals surface area contributed by atoms with Crippen LogP contribution in [0.5, 0.6) is 0 Å². The first-order valence-electron chi connectivity index (χ1n) is 6.96. The van der Waals surface area contributed by atoms with Crippen LogP contribution < -0.4 is 5.32 Å². The lowest BCUT2D eigenvalue weighted by atomic mass is 9.77. The van der Waals surface area contributed by atoms with Crippen molar-refractivity contribution in [3.8, 4) is 6.07 Å². The van der Waals surface area contributed by atoms with Gasteiger partial charge < -0.3 is 10.4 Å². The average Bonchev–Trinajstić information content (AvgIpc) is 2.45. The van der Waals surface area contributed by atoms with Gasteiger partial charge in [-0.3, -0.25) is 0 Å². The molecule has 1 aliphatic carbocycles. The number of halogens is 4. The lowest BCUT2D eigenvalue weighted by Gasteiger charge is -2.37. The monoisotopic (exact) mass is 332 g/mol. The fourth-order valence-corrected chi connectivity index (χ4v) is 2.98. The molecule has 0 aromatic heterocycles. The topological polar surface area (TPSA) is 56.0 Å². The summed E-state index contributed by atoms with van der Waals surface area (Å²) in [5.74, 6) is -1.48. The van der Waals surface area contributed by atoms with Gasteiger partial charge in [0.05, 0.1) is 22.8 Å². The molecule has 0 bridgehead atoms. The third-order valence-corrected chi connectivity index (χ3v) is 4.23. The molecule has 0 spiro atoms. The number of benzene rings is 1. The maximum absolute atomic E-state index is 12.8. The van der Waals surface area contributed by atoms with Crippen LogP contribution in [0.15, 0.2) is 18.2 Å². The number of nitriles is 1. The molecule has 2 N–H and O–H groups in total. The van der Waals surface area contributed by atoms with Crippen LogP contribution in [0.25, 0.3) is 0 Å². The van der Waals surface area contributed by atoms with E-state index in [-0.39, 0.29) is 19.4 Å². The molecule has 7 heteroatoms. The van der Waals surface area contributed by atoms with E-state index < -0.39 is 17.7 Å². The number of hydrogen-bond donors (Lipinski definition) is 2. The Hall–Kier alpha value is -1.45. The van der Waals surface area contributed by atoms with Crippen LogP contribution >= 0.6 is 11.6 Å². The molecule has 3 nitrogen and oxygen atoms in total. The molecule has 0 saturated heterocycles. The van der Waals surface area contributed by atoms with E-state index in [4.69, 9.17) is 16.9 Å². The van der Waals surface area contributed by atoms with Crippen LogP contribution in [0.1, 0.15) is 31.2 Å². The first-order chi connectivity index (χ1) is 10.2. The van der Waals surface area contributed by atoms with Crippen molar-refractivity contribution in [1.29, 1.82) is 5.26 Å². The third-order valence-electron chi connectivity index (χ3n) is 3.99. The van der Waals surface area contributed by atoms with Crippen molar-refractivity contribution in [3.05, 3.63) is 28.8 Å². The van der Waals surface area contributed by atoms with Crippen LogP contribution in [0.4, 0.5) is 18.9 Å². The molecule has 1 aromatic rings. The van der Waals surface area contributed by atoms with E-state index in [2.05, 4.69) is 5.32 Å². The fourth-order valence-electron chi connectivity index (χ4n) is 2.80. The van der Waals surface area contributed by atoms with Crippen molar-refractivity contribution in [2.75, 3.05) is 11.9 Å². The summed E-state index contributed by atoms with van der Waals surface area (Å²) in [6.45, 7) is -0.0319. The zero-order chi connectivity index (χ0) is 16.4. The van der Waals surface area contributed by atoms with E-state index >= 15 is 0 Å². The Kier molecular flexibility index (Phi) is 4.88. The number of aliphatic hydroxyl groups is 1. The average molecular weight is 333 g/mol. The SMILES string of the molecule is N#Cc1cc(Cl)ccc1NCC1(O)CCCC(C(F)(F)F)C1. The van der Waals surface area contributed by atoms with E-state index in [0.29, 0.717) is 29.1 Å². The maximum Gasteiger partial charge on any atom is 0.391 e. The van der Waals surface area contributed by atoms with E-state index in [9.17, 15) is 18.3 Å². The summed E-state index contributed by atoms with van der Waals surface area (Å²) in [6, 6.07) is 6.58. The summed E-state index contributed by atoms with van der Waals surface area (Å²) in [4.78, 5) is 0. The van der Waals surface area contributed by atoms with E-state index in [1.54, 1.807) is 12.1 Å². The molecule has 1 aliphatic rings. The van der Waals surface area contributed by atoms with Gasteiger partial charge in [0.1, 0.15) is 6.07 Å². The third kappa shape index (κ3) is 4.05. The summed E-state index contributed by atoms with van der Waals surface area (Å²) in [7, 11) is 0. The highest BCUT2D eigenvalue weighted by atomic mass is 35.5. The summed E-state index contributed by atoms with van der Waals surface area (Å²) in [6.07, 6.45) is -3.92. The molecule has 1 fully saturated rings. The van der Waals surface area contributed by atoms with E-state index in [1.807, 2.05) is 6.07 Å². The maximum atomic E-state index is 12.8. The van der Waals surface area contributed by atoms with Crippen molar-refractivity contribution in [2.24, 2.45) is 5.92 Å². The minimum atomic E-state index is -4.29. The number of rotatable bonds is 3. The quantitative estimate of drug-likeness (QED) is 0.876. The normalized spacial score (nSPS) is 25.5. The van der Waals surface area contributed by atoms with Crippen LogP contribution in [0.3, 0.4) is 0 Å². The van der Waals surface area contributed by atoms with Gasteiger partial charge in [-0.15, -0.1) is 0 Å². The Labute approximate surface area is 131 Å². The highest BCUT2D eigenvalue weighted by Crippen LogP contribution is 2.41. The van der Waals surface area contributed by atoms with Crippen LogP contribution in [0, 0.1) is 17.2 Å². The number of alkyl halides is 3. The number of anilines is 1. The minimum absolute atomic E-state index is 0.0319. The molecule has 1 aromatic carbocycles. The van der Waals surface area contributed by atoms with Crippen molar-refractivity contribution in [1.82, 2.24) is 0 Å². The first-order valence-corrected chi connectivity index (χ1v) is 7.34. The highest BCUT2D eigenvalue weighted by molar-refractivity contribution is 6.30. The lowest BCUT2D eigenvalue weighted by molar-refractivity contribution is -0.199. The summed E-state index contributed by atoms with van der Waals surface area (Å²) < 4.78 is 38.5. The molecular weight excluding hydrogens is 317 g/mol. The van der Waals surface area contributed by atoms with Crippen molar-refractivity contribution < 1.29 is 18.3 Å². The van der Waals surface area contributed by atoms with Gasteiger partial charge >= 0.3 is 6.18 Å². The standard InChI is InChI=1S/C15H16ClF3N2O/c16-12-3-4-13(10(6-12)8-20)21-9-14(22)5-1-2-11(7-14)15(17,18)19/h3-4,6,11,21-22H,1-2,5,7,9H2. The zero-order valence-electron chi connectivity index (χ0n) is 11.8. The van der Waals surface area contributed by atoms with Crippen molar-refractivity contribution in [3.63, 3.8) is 0 Å². The van der Waals surface area contributed by atoms with Gasteiger partial charge in [0.25, 0.3) is 0 Å². The Bertz CT molecular complexity index is 585. The second-order valence-electron chi connectivity index (χ2n) is 5.71. The Morgan fingerprint density at radius 1 is 1.45 bits per heavy atom. The minimum Gasteiger partial charge on any atom is -0.388 e. The van der Waals surface area contributed by atoms with E-state index in [0.717, 1.165) is 0 Å². The number of hydrogen-bond acceptors (Lipinski definition) is 3. The second-order valence-corrected chi connectivity index (χ2v) is 6.15. The number of nitrogens with zero attached hydrogens (tertiary/aromatic N) is 1. The highest BCUT2D eigenvalue weighted by Gasteiger charge is 2.46. The van der Waals surface area contributed by atoms with Gasteiger partial charge in [-0.25, -0.2) is 0 Å². The second kappa shape index (κ2) is 6.35. The molecule has 0 aliphatic heterocycles. The summed E-state index contributed by atoms with van der Waals surface area (Å²) in [5.41, 5.74) is -0.682. The summed E-state index contributed by atoms with van der Waals surface area (Å²) in [5, 5.41) is 22.7. The predicted octanol–water partition coefficient (Wildman–Crippen LogP) is 4.11. The Balaban J connectivity index is 2.06. The lowest BCUT2D eigenvalue weighted by Crippen LogP contribution is -2.45. The molecule has 2 unspecified atom stereocenters. The molecule has 1 saturated carbocycles. The molecule has 22 heavy (non-hydrogen) atoms. The van der Waals surface area contributed by atoms with Gasteiger partial charge in [-0.2, -0.15) is 18.4 Å². The largest absolute Gasteiger partial charge is 0.391 e. The first kappa shape index (κ1) is 16.9. The van der Waals surface area contributed by atoms with Gasteiger partial charge in [0.15, 0.2) is 0 Å². The summed E-state index contributed by atoms with van der Waals surface area (Å²) >= 11 is 5.79. The van der Waals surface area contributed by atoms with Crippen LogP contribution in [0.2, 0.25) is 5.02 Å². The molecule has 0 radical (unpaired) electrons. The van der Waals surface area contributed by atoms with Crippen LogP contribution in [-0.4, -0.2) is 23.4 Å². The smallest absolute Gasteiger partial charge is 0.388 e. The van der Waals surface area contributed by atoms with Gasteiger partial charge in [0, 0.05) is 11.6 Å². The van der Waals surface area contributed by atoms with Gasteiger partial charge in [0.2, 0.25) is 0 Å². The molecule has 0 amide bonds. The Morgan fingerprint density at radius 2 is 2.18 bits per heavy atom. The molecular formula is C15H16ClF3N2O. The molecule has 0 heterocycles. The van der Waals surface area contributed by atoms with Crippen molar-refractivity contribution in [2.45, 2.75) is 37.5 Å². The van der Waals surface area contributed by atoms with Crippen LogP contribution in [-0.2, 0) is 0 Å². The Morgan fingerprint density at radius 3 is 2.82 bits per heavy atom. The molecule has 2 atom stereocenters. The molecule has 2 rings (SSSR count). The van der Waals surface area contributed by atoms with Gasteiger partial charge in [-0.1, -0.05) is 11.6 Å². The number of nitrogens with one attached hydrogen (secondary N) is 1. The van der Waals surface area contributed by atoms with Crippen molar-refractivity contribution >= 4 is 17.3 Å². The molecule has 120 valence electrons. The van der Waals surface area contributed by atoms with E-state index in [1.165, 1.54) is 6.07 Å². The fraction of sp³-hybridized carbons (Fsp3) is 0.533.